The lowest BCUT2D eigenvalue weighted by Gasteiger charge is -2.09. The van der Waals surface area contributed by atoms with Crippen LogP contribution in [0.5, 0.6) is 0 Å². The first kappa shape index (κ1) is 49.8. The van der Waals surface area contributed by atoms with Gasteiger partial charge in [-0.1, -0.05) is 145 Å². The standard InChI is InChI=1S/C20H15F3.C20H16F2.C19H13F3.CH4/c1-12-3-5-14(6-4-12)15-7-8-17(20(23)9-15)16-10-18(21)13(2)19(22)11-16;1-13-3-6-15(7-4-13)17-10-8-16(12-20(17)22)18-9-5-14(2)11-19(18)21;1-12-2-4-13(5-3-12)16-8-6-14(10-18(16)21)17-9-7-15(20)11-19(17)22;/h3-11H,1-2H3;3-12H,1-2H3;2-11H,1H3;1H4. The third kappa shape index (κ3) is 11.9. The molecule has 0 unspecified atom stereocenters. The number of aryl methyl sites for hydroxylation is 4. The lowest BCUT2D eigenvalue weighted by molar-refractivity contribution is 0.568. The Morgan fingerprint density at radius 3 is 0.912 bits per heavy atom. The molecule has 0 aliphatic carbocycles. The normalized spacial score (nSPS) is 10.6. The summed E-state index contributed by atoms with van der Waals surface area (Å²) in [5.41, 5.74) is 10.2. The molecule has 344 valence electrons. The molecule has 0 radical (unpaired) electrons. The van der Waals surface area contributed by atoms with Crippen molar-refractivity contribution in [3.05, 3.63) is 250 Å². The molecular formula is C60H48F8. The zero-order chi connectivity index (χ0) is 47.9. The first-order valence-electron chi connectivity index (χ1n) is 21.3. The van der Waals surface area contributed by atoms with Gasteiger partial charge >= 0.3 is 0 Å². The number of halogens is 8. The highest BCUT2D eigenvalue weighted by molar-refractivity contribution is 5.74. The van der Waals surface area contributed by atoms with Crippen molar-refractivity contribution in [3.63, 3.8) is 0 Å². The maximum Gasteiger partial charge on any atom is 0.133 e. The quantitative estimate of drug-likeness (QED) is 0.146. The molecule has 0 amide bonds. The van der Waals surface area contributed by atoms with E-state index in [2.05, 4.69) is 0 Å². The van der Waals surface area contributed by atoms with Crippen LogP contribution in [0.25, 0.3) is 66.8 Å². The van der Waals surface area contributed by atoms with Crippen molar-refractivity contribution >= 4 is 0 Å². The van der Waals surface area contributed by atoms with Crippen molar-refractivity contribution < 1.29 is 35.1 Å². The van der Waals surface area contributed by atoms with E-state index >= 15 is 0 Å². The van der Waals surface area contributed by atoms with Crippen LogP contribution in [0, 0.1) is 81.2 Å². The molecule has 0 heterocycles. The van der Waals surface area contributed by atoms with Crippen LogP contribution in [0.4, 0.5) is 35.1 Å². The van der Waals surface area contributed by atoms with Crippen molar-refractivity contribution in [3.8, 4) is 66.8 Å². The third-order valence-electron chi connectivity index (χ3n) is 11.3. The van der Waals surface area contributed by atoms with Crippen LogP contribution in [0.15, 0.2) is 176 Å². The van der Waals surface area contributed by atoms with Gasteiger partial charge < -0.3 is 0 Å². The first-order chi connectivity index (χ1) is 32.0. The zero-order valence-electron chi connectivity index (χ0n) is 37.3. The highest BCUT2D eigenvalue weighted by Gasteiger charge is 2.15. The Morgan fingerprint density at radius 2 is 0.500 bits per heavy atom. The molecule has 0 aliphatic heterocycles. The molecule has 9 rings (SSSR count). The van der Waals surface area contributed by atoms with Crippen molar-refractivity contribution in [1.82, 2.24) is 0 Å². The fourth-order valence-corrected chi connectivity index (χ4v) is 7.35. The minimum atomic E-state index is -0.706. The Kier molecular flexibility index (Phi) is 16.0. The van der Waals surface area contributed by atoms with Gasteiger partial charge in [-0.25, -0.2) is 35.1 Å². The fourth-order valence-electron chi connectivity index (χ4n) is 7.35. The molecule has 9 aromatic rings. The van der Waals surface area contributed by atoms with E-state index in [1.54, 1.807) is 42.5 Å². The molecule has 0 aliphatic rings. The Morgan fingerprint density at radius 1 is 0.221 bits per heavy atom. The topological polar surface area (TPSA) is 0 Å². The molecule has 0 saturated heterocycles. The molecule has 0 N–H and O–H groups in total. The van der Waals surface area contributed by atoms with E-state index in [0.717, 1.165) is 68.8 Å². The Bertz CT molecular complexity index is 3020. The number of benzene rings is 9. The molecule has 0 saturated carbocycles. The van der Waals surface area contributed by atoms with Gasteiger partial charge in [0.1, 0.15) is 46.5 Å². The van der Waals surface area contributed by atoms with Crippen LogP contribution in [0.2, 0.25) is 0 Å². The van der Waals surface area contributed by atoms with Crippen LogP contribution in [-0.4, -0.2) is 0 Å². The molecule has 9 aromatic carbocycles. The van der Waals surface area contributed by atoms with Gasteiger partial charge in [-0.15, -0.1) is 0 Å². The minimum Gasteiger partial charge on any atom is -0.207 e. The van der Waals surface area contributed by atoms with Crippen molar-refractivity contribution in [2.45, 2.75) is 42.0 Å². The van der Waals surface area contributed by atoms with Crippen molar-refractivity contribution in [2.24, 2.45) is 0 Å². The summed E-state index contributed by atoms with van der Waals surface area (Å²) in [6.45, 7) is 9.11. The smallest absolute Gasteiger partial charge is 0.133 e. The average Bonchev–Trinajstić information content (AvgIpc) is 3.29. The summed E-state index contributed by atoms with van der Waals surface area (Å²) in [5.74, 6) is -4.34. The third-order valence-corrected chi connectivity index (χ3v) is 11.3. The van der Waals surface area contributed by atoms with E-state index in [0.29, 0.717) is 27.8 Å². The highest BCUT2D eigenvalue weighted by atomic mass is 19.2. The van der Waals surface area contributed by atoms with Gasteiger partial charge in [0.05, 0.1) is 0 Å². The van der Waals surface area contributed by atoms with Gasteiger partial charge in [0.25, 0.3) is 0 Å². The molecule has 0 aromatic heterocycles. The summed E-state index contributed by atoms with van der Waals surface area (Å²) < 4.78 is 111. The summed E-state index contributed by atoms with van der Waals surface area (Å²) in [7, 11) is 0. The summed E-state index contributed by atoms with van der Waals surface area (Å²) >= 11 is 0. The average molecular weight is 921 g/mol. The summed E-state index contributed by atoms with van der Waals surface area (Å²) in [5, 5.41) is 0. The van der Waals surface area contributed by atoms with Crippen LogP contribution in [-0.2, 0) is 0 Å². The van der Waals surface area contributed by atoms with Crippen LogP contribution < -0.4 is 0 Å². The molecule has 68 heavy (non-hydrogen) atoms. The van der Waals surface area contributed by atoms with Crippen molar-refractivity contribution in [1.29, 1.82) is 0 Å². The lowest BCUT2D eigenvalue weighted by Crippen LogP contribution is -1.93. The second-order valence-corrected chi connectivity index (χ2v) is 16.4. The molecule has 0 nitrogen and oxygen atoms in total. The van der Waals surface area contributed by atoms with Gasteiger partial charge in [-0.3, -0.25) is 0 Å². The van der Waals surface area contributed by atoms with Crippen LogP contribution in [0.1, 0.15) is 35.2 Å². The Hall–Kier alpha value is -7.58. The molecule has 0 spiro atoms. The first-order valence-corrected chi connectivity index (χ1v) is 21.3. The Balaban J connectivity index is 0.000000167. The number of rotatable bonds is 6. The van der Waals surface area contributed by atoms with Crippen molar-refractivity contribution in [2.75, 3.05) is 0 Å². The summed E-state index contributed by atoms with van der Waals surface area (Å²) in [4.78, 5) is 0. The van der Waals surface area contributed by atoms with Gasteiger partial charge in [-0.2, -0.15) is 0 Å². The Labute approximate surface area is 392 Å². The van der Waals surface area contributed by atoms with Crippen LogP contribution in [0.3, 0.4) is 0 Å². The summed E-state index contributed by atoms with van der Waals surface area (Å²) in [6, 6.07) is 47.5. The van der Waals surface area contributed by atoms with Gasteiger partial charge in [0.15, 0.2) is 0 Å². The van der Waals surface area contributed by atoms with Gasteiger partial charge in [0, 0.05) is 39.4 Å². The van der Waals surface area contributed by atoms with E-state index in [1.807, 2.05) is 107 Å². The second kappa shape index (κ2) is 21.8. The minimum absolute atomic E-state index is 0. The largest absolute Gasteiger partial charge is 0.207 e. The maximum absolute atomic E-state index is 14.4. The summed E-state index contributed by atoms with van der Waals surface area (Å²) in [6.07, 6.45) is 0. The van der Waals surface area contributed by atoms with E-state index in [-0.39, 0.29) is 41.3 Å². The molecular weight excluding hydrogens is 873 g/mol. The number of hydrogen-bond acceptors (Lipinski definition) is 0. The number of hydrogen-bond donors (Lipinski definition) is 0. The van der Waals surface area contributed by atoms with E-state index in [4.69, 9.17) is 0 Å². The second-order valence-electron chi connectivity index (χ2n) is 16.4. The molecule has 0 atom stereocenters. The molecule has 0 fully saturated rings. The van der Waals surface area contributed by atoms with E-state index in [1.165, 1.54) is 37.3 Å². The van der Waals surface area contributed by atoms with E-state index in [9.17, 15) is 35.1 Å². The monoisotopic (exact) mass is 920 g/mol. The highest BCUT2D eigenvalue weighted by Crippen LogP contribution is 2.33. The van der Waals surface area contributed by atoms with Crippen LogP contribution >= 0.6 is 0 Å². The fraction of sp³-hybridized carbons (Fsp3) is 0.100. The predicted octanol–water partition coefficient (Wildman–Crippen LogP) is 18.4. The van der Waals surface area contributed by atoms with Gasteiger partial charge in [0.2, 0.25) is 0 Å². The zero-order valence-corrected chi connectivity index (χ0v) is 37.3. The van der Waals surface area contributed by atoms with E-state index < -0.39 is 34.9 Å². The molecule has 0 bridgehead atoms. The SMILES string of the molecule is C.Cc1ccc(-c2ccc(-c3cc(F)c(C)c(F)c3)c(F)c2)cc1.Cc1ccc(-c2ccc(-c3ccc(C)cc3F)cc2F)cc1.Cc1ccc(-c2ccc(-c3ccc(F)cc3F)cc2F)cc1. The predicted molar refractivity (Wildman–Crippen MR) is 262 cm³/mol. The maximum atomic E-state index is 14.4. The van der Waals surface area contributed by atoms with Gasteiger partial charge in [-0.05, 0) is 128 Å². The molecule has 8 heteroatoms. The lowest BCUT2D eigenvalue weighted by atomic mass is 9.98.